The Labute approximate surface area is 125 Å². The van der Waals surface area contributed by atoms with E-state index in [4.69, 9.17) is 0 Å². The van der Waals surface area contributed by atoms with E-state index in [1.807, 2.05) is 53.2 Å². The van der Waals surface area contributed by atoms with Crippen molar-refractivity contribution in [2.24, 2.45) is 0 Å². The van der Waals surface area contributed by atoms with E-state index >= 15 is 0 Å². The van der Waals surface area contributed by atoms with Gasteiger partial charge in [-0.2, -0.15) is 0 Å². The van der Waals surface area contributed by atoms with Gasteiger partial charge in [0.1, 0.15) is 5.69 Å². The summed E-state index contributed by atoms with van der Waals surface area (Å²) in [4.78, 5) is 12.3. The Kier molecular flexibility index (Phi) is 5.58. The summed E-state index contributed by atoms with van der Waals surface area (Å²) in [5.74, 6) is -0.136. The summed E-state index contributed by atoms with van der Waals surface area (Å²) in [5, 5.41) is 12.4. The molecule has 1 aromatic heterocycles. The maximum atomic E-state index is 12.3. The Bertz CT molecular complexity index is 563. The summed E-state index contributed by atoms with van der Waals surface area (Å²) in [6, 6.07) is 13.3. The van der Waals surface area contributed by atoms with E-state index in [9.17, 15) is 9.90 Å². The number of amides is 1. The van der Waals surface area contributed by atoms with Gasteiger partial charge in [-0.1, -0.05) is 37.3 Å². The molecule has 4 heteroatoms. The van der Waals surface area contributed by atoms with Crippen LogP contribution < -0.4 is 5.32 Å². The van der Waals surface area contributed by atoms with Crippen molar-refractivity contribution in [2.45, 2.75) is 32.4 Å². The molecule has 2 N–H and O–H groups in total. The fraction of sp³-hybridized carbons (Fsp3) is 0.353. The van der Waals surface area contributed by atoms with Crippen LogP contribution in [0.2, 0.25) is 0 Å². The van der Waals surface area contributed by atoms with Crippen molar-refractivity contribution in [2.75, 3.05) is 6.61 Å². The van der Waals surface area contributed by atoms with Crippen LogP contribution in [0, 0.1) is 0 Å². The van der Waals surface area contributed by atoms with Gasteiger partial charge in [-0.15, -0.1) is 0 Å². The number of hydrogen-bond acceptors (Lipinski definition) is 2. The number of nitrogens with zero attached hydrogens (tertiary/aromatic N) is 1. The van der Waals surface area contributed by atoms with Crippen LogP contribution in [-0.2, 0) is 13.0 Å². The molecule has 2 aromatic rings. The van der Waals surface area contributed by atoms with Gasteiger partial charge >= 0.3 is 0 Å². The first-order chi connectivity index (χ1) is 10.2. The Morgan fingerprint density at radius 1 is 1.24 bits per heavy atom. The van der Waals surface area contributed by atoms with Gasteiger partial charge in [0.2, 0.25) is 0 Å². The summed E-state index contributed by atoms with van der Waals surface area (Å²) in [6.07, 6.45) is 3.50. The average Bonchev–Trinajstić information content (AvgIpc) is 2.96. The second-order valence-corrected chi connectivity index (χ2v) is 5.13. The lowest BCUT2D eigenvalue weighted by molar-refractivity contribution is 0.0907. The van der Waals surface area contributed by atoms with Crippen LogP contribution >= 0.6 is 0 Å². The van der Waals surface area contributed by atoms with Crippen LogP contribution in [0.4, 0.5) is 0 Å². The van der Waals surface area contributed by atoms with E-state index in [1.54, 1.807) is 0 Å². The average molecular weight is 286 g/mol. The molecule has 0 radical (unpaired) electrons. The lowest BCUT2D eigenvalue weighted by Crippen LogP contribution is -2.39. The van der Waals surface area contributed by atoms with E-state index in [2.05, 4.69) is 12.2 Å². The predicted octanol–water partition coefficient (Wildman–Crippen LogP) is 2.23. The van der Waals surface area contributed by atoms with Gasteiger partial charge in [0.05, 0.1) is 12.6 Å². The maximum absolute atomic E-state index is 12.3. The first-order valence-electron chi connectivity index (χ1n) is 7.35. The summed E-state index contributed by atoms with van der Waals surface area (Å²) in [5.41, 5.74) is 1.74. The molecule has 4 nitrogen and oxygen atoms in total. The van der Waals surface area contributed by atoms with Crippen LogP contribution in [0.25, 0.3) is 0 Å². The number of rotatable bonds is 7. The molecule has 0 aliphatic carbocycles. The molecule has 0 aliphatic rings. The molecule has 1 aromatic carbocycles. The molecule has 0 saturated carbocycles. The van der Waals surface area contributed by atoms with E-state index in [0.717, 1.165) is 18.5 Å². The van der Waals surface area contributed by atoms with Gasteiger partial charge in [0, 0.05) is 12.7 Å². The largest absolute Gasteiger partial charge is 0.394 e. The highest BCUT2D eigenvalue weighted by Gasteiger charge is 2.16. The topological polar surface area (TPSA) is 54.3 Å². The van der Waals surface area contributed by atoms with E-state index in [0.29, 0.717) is 12.1 Å². The van der Waals surface area contributed by atoms with Gasteiger partial charge in [0.15, 0.2) is 0 Å². The number of aromatic nitrogens is 1. The number of carbonyl (C=O) groups excluding carboxylic acids is 1. The summed E-state index contributed by atoms with van der Waals surface area (Å²) in [7, 11) is 0. The number of benzene rings is 1. The smallest absolute Gasteiger partial charge is 0.268 e. The molecule has 1 heterocycles. The monoisotopic (exact) mass is 286 g/mol. The van der Waals surface area contributed by atoms with Gasteiger partial charge in [0.25, 0.3) is 5.91 Å². The Balaban J connectivity index is 2.01. The van der Waals surface area contributed by atoms with Crippen LogP contribution in [0.5, 0.6) is 0 Å². The molecule has 2 rings (SSSR count). The fourth-order valence-electron chi connectivity index (χ4n) is 2.38. The van der Waals surface area contributed by atoms with Crippen molar-refractivity contribution in [3.05, 3.63) is 59.9 Å². The molecule has 0 bridgehead atoms. The quantitative estimate of drug-likeness (QED) is 0.820. The zero-order chi connectivity index (χ0) is 15.1. The van der Waals surface area contributed by atoms with E-state index < -0.39 is 0 Å². The van der Waals surface area contributed by atoms with Crippen molar-refractivity contribution < 1.29 is 9.90 Å². The molecule has 0 spiro atoms. The molecule has 0 aliphatic heterocycles. The highest BCUT2D eigenvalue weighted by Crippen LogP contribution is 2.07. The van der Waals surface area contributed by atoms with Crippen LogP contribution in [0.1, 0.15) is 29.4 Å². The molecule has 1 unspecified atom stereocenters. The van der Waals surface area contributed by atoms with Crippen molar-refractivity contribution >= 4 is 5.91 Å². The molecule has 21 heavy (non-hydrogen) atoms. The molecule has 1 amide bonds. The normalized spacial score (nSPS) is 12.1. The molecule has 1 atom stereocenters. The minimum absolute atomic E-state index is 0.0743. The van der Waals surface area contributed by atoms with Crippen LogP contribution in [0.15, 0.2) is 48.7 Å². The number of hydrogen-bond donors (Lipinski definition) is 2. The van der Waals surface area contributed by atoms with Gasteiger partial charge in [-0.05, 0) is 30.5 Å². The molecule has 0 fully saturated rings. The number of nitrogens with one attached hydrogen (secondary N) is 1. The zero-order valence-electron chi connectivity index (χ0n) is 12.3. The van der Waals surface area contributed by atoms with Gasteiger partial charge < -0.3 is 15.0 Å². The molecule has 0 saturated heterocycles. The number of aliphatic hydroxyl groups is 1. The minimum atomic E-state index is -0.273. The first-order valence-corrected chi connectivity index (χ1v) is 7.35. The lowest BCUT2D eigenvalue weighted by atomic mass is 10.1. The molecular formula is C17H22N2O2. The summed E-state index contributed by atoms with van der Waals surface area (Å²) >= 11 is 0. The van der Waals surface area contributed by atoms with Crippen molar-refractivity contribution in [3.63, 3.8) is 0 Å². The van der Waals surface area contributed by atoms with Gasteiger partial charge in [-0.25, -0.2) is 0 Å². The SMILES string of the molecule is CCCn1cccc1C(=O)NC(CO)Cc1ccccc1. The Hall–Kier alpha value is -2.07. The third-order valence-electron chi connectivity index (χ3n) is 3.41. The summed E-state index contributed by atoms with van der Waals surface area (Å²) in [6.45, 7) is 2.82. The highest BCUT2D eigenvalue weighted by molar-refractivity contribution is 5.93. The molecule has 112 valence electrons. The number of carbonyl (C=O) groups is 1. The third kappa shape index (κ3) is 4.20. The van der Waals surface area contributed by atoms with Crippen molar-refractivity contribution in [1.29, 1.82) is 0 Å². The van der Waals surface area contributed by atoms with Crippen LogP contribution in [-0.4, -0.2) is 28.2 Å². The van der Waals surface area contributed by atoms with Crippen LogP contribution in [0.3, 0.4) is 0 Å². The first kappa shape index (κ1) is 15.3. The number of aliphatic hydroxyl groups excluding tert-OH is 1. The second kappa shape index (κ2) is 7.64. The lowest BCUT2D eigenvalue weighted by Gasteiger charge is -2.17. The van der Waals surface area contributed by atoms with Gasteiger partial charge in [-0.3, -0.25) is 4.79 Å². The Morgan fingerprint density at radius 2 is 2.00 bits per heavy atom. The predicted molar refractivity (Wildman–Crippen MR) is 83.2 cm³/mol. The van der Waals surface area contributed by atoms with E-state index in [-0.39, 0.29) is 18.6 Å². The van der Waals surface area contributed by atoms with E-state index in [1.165, 1.54) is 0 Å². The Morgan fingerprint density at radius 3 is 2.67 bits per heavy atom. The third-order valence-corrected chi connectivity index (χ3v) is 3.41. The molecular weight excluding hydrogens is 264 g/mol. The van der Waals surface area contributed by atoms with Crippen molar-refractivity contribution in [1.82, 2.24) is 9.88 Å². The minimum Gasteiger partial charge on any atom is -0.394 e. The zero-order valence-corrected chi connectivity index (χ0v) is 12.3. The standard InChI is InChI=1S/C17H22N2O2/c1-2-10-19-11-6-9-16(19)17(21)18-15(13-20)12-14-7-4-3-5-8-14/h3-9,11,15,20H,2,10,12-13H2,1H3,(H,18,21). The number of aryl methyl sites for hydroxylation is 1. The maximum Gasteiger partial charge on any atom is 0.268 e. The summed E-state index contributed by atoms with van der Waals surface area (Å²) < 4.78 is 1.94. The highest BCUT2D eigenvalue weighted by atomic mass is 16.3. The second-order valence-electron chi connectivity index (χ2n) is 5.13. The van der Waals surface area contributed by atoms with Crippen molar-refractivity contribution in [3.8, 4) is 0 Å². The fourth-order valence-corrected chi connectivity index (χ4v) is 2.38.